The van der Waals surface area contributed by atoms with Crippen LogP contribution in [0.1, 0.15) is 32.7 Å². The SMILES string of the molecule is CNC(=O)c1nn(-c2cc(Cc3cc(F)cc(C(F)(F)F)c3)ccn2)cc1CO. The number of nitrogens with one attached hydrogen (secondary N) is 1. The highest BCUT2D eigenvalue weighted by Gasteiger charge is 2.31. The van der Waals surface area contributed by atoms with Crippen LogP contribution in [0.3, 0.4) is 0 Å². The van der Waals surface area contributed by atoms with Gasteiger partial charge < -0.3 is 10.4 Å². The van der Waals surface area contributed by atoms with E-state index >= 15 is 0 Å². The van der Waals surface area contributed by atoms with Crippen LogP contribution in [0.15, 0.2) is 42.7 Å². The predicted molar refractivity (Wildman–Crippen MR) is 94.9 cm³/mol. The van der Waals surface area contributed by atoms with Gasteiger partial charge in [0.1, 0.15) is 5.82 Å². The molecule has 3 rings (SSSR count). The van der Waals surface area contributed by atoms with Crippen LogP contribution in [0.5, 0.6) is 0 Å². The summed E-state index contributed by atoms with van der Waals surface area (Å²) in [5, 5.41) is 15.9. The van der Waals surface area contributed by atoms with E-state index in [0.717, 1.165) is 12.1 Å². The summed E-state index contributed by atoms with van der Waals surface area (Å²) >= 11 is 0. The summed E-state index contributed by atoms with van der Waals surface area (Å²) < 4.78 is 53.6. The van der Waals surface area contributed by atoms with Crippen LogP contribution in [0.2, 0.25) is 0 Å². The van der Waals surface area contributed by atoms with Crippen molar-refractivity contribution in [2.45, 2.75) is 19.2 Å². The molecule has 2 heterocycles. The van der Waals surface area contributed by atoms with Gasteiger partial charge in [0.05, 0.1) is 12.2 Å². The number of pyridine rings is 1. The van der Waals surface area contributed by atoms with Gasteiger partial charge in [0, 0.05) is 25.0 Å². The van der Waals surface area contributed by atoms with Crippen LogP contribution in [-0.2, 0) is 19.2 Å². The van der Waals surface area contributed by atoms with Gasteiger partial charge in [0.25, 0.3) is 5.91 Å². The summed E-state index contributed by atoms with van der Waals surface area (Å²) in [7, 11) is 1.43. The van der Waals surface area contributed by atoms with Crippen molar-refractivity contribution in [2.24, 2.45) is 0 Å². The minimum atomic E-state index is -4.65. The molecular weight excluding hydrogens is 392 g/mol. The molecule has 0 bridgehead atoms. The van der Waals surface area contributed by atoms with Crippen molar-refractivity contribution in [3.63, 3.8) is 0 Å². The number of hydrogen-bond acceptors (Lipinski definition) is 4. The van der Waals surface area contributed by atoms with Gasteiger partial charge in [0.2, 0.25) is 0 Å². The van der Waals surface area contributed by atoms with E-state index in [-0.39, 0.29) is 23.2 Å². The Balaban J connectivity index is 1.93. The Bertz CT molecular complexity index is 1050. The summed E-state index contributed by atoms with van der Waals surface area (Å²) in [6.07, 6.45) is -1.76. The Morgan fingerprint density at radius 2 is 1.97 bits per heavy atom. The molecule has 3 aromatic rings. The molecule has 0 aliphatic rings. The largest absolute Gasteiger partial charge is 0.416 e. The fourth-order valence-corrected chi connectivity index (χ4v) is 2.80. The normalized spacial score (nSPS) is 11.5. The molecule has 6 nitrogen and oxygen atoms in total. The third-order valence-electron chi connectivity index (χ3n) is 4.14. The molecule has 0 saturated heterocycles. The van der Waals surface area contributed by atoms with Crippen LogP contribution in [0.4, 0.5) is 17.6 Å². The van der Waals surface area contributed by atoms with E-state index in [1.165, 1.54) is 24.1 Å². The summed E-state index contributed by atoms with van der Waals surface area (Å²) in [6.45, 7) is -0.411. The molecule has 2 aromatic heterocycles. The zero-order chi connectivity index (χ0) is 21.2. The molecule has 0 atom stereocenters. The van der Waals surface area contributed by atoms with Crippen molar-refractivity contribution in [1.29, 1.82) is 0 Å². The monoisotopic (exact) mass is 408 g/mol. The maximum Gasteiger partial charge on any atom is 0.416 e. The second kappa shape index (κ2) is 8.00. The van der Waals surface area contributed by atoms with Crippen molar-refractivity contribution in [3.05, 3.63) is 76.5 Å². The number of benzene rings is 1. The number of hydrogen-bond donors (Lipinski definition) is 2. The van der Waals surface area contributed by atoms with Crippen molar-refractivity contribution in [3.8, 4) is 5.82 Å². The third kappa shape index (κ3) is 4.60. The van der Waals surface area contributed by atoms with Crippen molar-refractivity contribution < 1.29 is 27.5 Å². The van der Waals surface area contributed by atoms with Crippen LogP contribution >= 0.6 is 0 Å². The Morgan fingerprint density at radius 1 is 1.21 bits per heavy atom. The number of alkyl halides is 3. The summed E-state index contributed by atoms with van der Waals surface area (Å²) in [5.74, 6) is -1.16. The van der Waals surface area contributed by atoms with E-state index in [1.54, 1.807) is 12.1 Å². The molecule has 152 valence electrons. The highest BCUT2D eigenvalue weighted by Crippen LogP contribution is 2.31. The van der Waals surface area contributed by atoms with Crippen molar-refractivity contribution >= 4 is 5.91 Å². The highest BCUT2D eigenvalue weighted by atomic mass is 19.4. The standard InChI is InChI=1S/C19H16F4N4O2/c1-24-18(29)17-13(10-28)9-27(26-17)16-7-11(2-3-25-16)4-12-5-14(19(21,22)23)8-15(20)6-12/h2-3,5-9,28H,4,10H2,1H3,(H,24,29). The minimum absolute atomic E-state index is 0.0298. The van der Waals surface area contributed by atoms with Crippen LogP contribution in [0.25, 0.3) is 5.82 Å². The molecule has 2 N–H and O–H groups in total. The predicted octanol–water partition coefficient (Wildman–Crippen LogP) is 2.87. The van der Waals surface area contributed by atoms with E-state index in [0.29, 0.717) is 17.4 Å². The first-order valence-corrected chi connectivity index (χ1v) is 8.44. The maximum atomic E-state index is 13.6. The van der Waals surface area contributed by atoms with E-state index in [4.69, 9.17) is 0 Å². The molecule has 0 aliphatic carbocycles. The quantitative estimate of drug-likeness (QED) is 0.637. The van der Waals surface area contributed by atoms with E-state index in [9.17, 15) is 27.5 Å². The lowest BCUT2D eigenvalue weighted by molar-refractivity contribution is -0.137. The number of carbonyl (C=O) groups is 1. The zero-order valence-corrected chi connectivity index (χ0v) is 15.2. The first-order valence-electron chi connectivity index (χ1n) is 8.44. The molecule has 10 heteroatoms. The zero-order valence-electron chi connectivity index (χ0n) is 15.2. The van der Waals surface area contributed by atoms with Gasteiger partial charge in [-0.2, -0.15) is 18.3 Å². The van der Waals surface area contributed by atoms with Gasteiger partial charge in [-0.25, -0.2) is 14.1 Å². The van der Waals surface area contributed by atoms with Crippen LogP contribution in [-0.4, -0.2) is 32.8 Å². The van der Waals surface area contributed by atoms with Gasteiger partial charge in [0.15, 0.2) is 11.5 Å². The molecule has 0 fully saturated rings. The Kier molecular flexibility index (Phi) is 5.64. The number of aliphatic hydroxyl groups is 1. The number of aromatic nitrogens is 3. The molecule has 1 aromatic carbocycles. The lowest BCUT2D eigenvalue weighted by Gasteiger charge is -2.10. The second-order valence-electron chi connectivity index (χ2n) is 6.23. The third-order valence-corrected chi connectivity index (χ3v) is 4.14. The maximum absolute atomic E-state index is 13.6. The smallest absolute Gasteiger partial charge is 0.392 e. The van der Waals surface area contributed by atoms with Gasteiger partial charge in [-0.1, -0.05) is 0 Å². The average Bonchev–Trinajstić information content (AvgIpc) is 3.11. The number of rotatable bonds is 5. The lowest BCUT2D eigenvalue weighted by Crippen LogP contribution is -2.20. The molecule has 1 amide bonds. The van der Waals surface area contributed by atoms with E-state index in [2.05, 4.69) is 15.4 Å². The fourth-order valence-electron chi connectivity index (χ4n) is 2.80. The first-order chi connectivity index (χ1) is 13.7. The number of amides is 1. The van der Waals surface area contributed by atoms with Crippen LogP contribution < -0.4 is 5.32 Å². The molecular formula is C19H16F4N4O2. The fraction of sp³-hybridized carbons (Fsp3) is 0.211. The summed E-state index contributed by atoms with van der Waals surface area (Å²) in [6, 6.07) is 5.52. The van der Waals surface area contributed by atoms with Crippen molar-refractivity contribution in [2.75, 3.05) is 7.05 Å². The topological polar surface area (TPSA) is 80.0 Å². The highest BCUT2D eigenvalue weighted by molar-refractivity contribution is 5.93. The molecule has 0 unspecified atom stereocenters. The van der Waals surface area contributed by atoms with E-state index < -0.39 is 30.1 Å². The Hall–Kier alpha value is -3.27. The molecule has 29 heavy (non-hydrogen) atoms. The number of halogens is 4. The first kappa shape index (κ1) is 20.5. The molecule has 0 aliphatic heterocycles. The number of nitrogens with zero attached hydrogens (tertiary/aromatic N) is 3. The average molecular weight is 408 g/mol. The van der Waals surface area contributed by atoms with Gasteiger partial charge in [-0.05, 0) is 47.9 Å². The van der Waals surface area contributed by atoms with Gasteiger partial charge >= 0.3 is 6.18 Å². The van der Waals surface area contributed by atoms with Gasteiger partial charge in [-0.15, -0.1) is 0 Å². The Morgan fingerprint density at radius 3 is 2.62 bits per heavy atom. The number of carbonyl (C=O) groups excluding carboxylic acids is 1. The second-order valence-corrected chi connectivity index (χ2v) is 6.23. The summed E-state index contributed by atoms with van der Waals surface area (Å²) in [5.41, 5.74) is -0.0244. The molecule has 0 saturated carbocycles. The number of aliphatic hydroxyl groups excluding tert-OH is 1. The minimum Gasteiger partial charge on any atom is -0.392 e. The van der Waals surface area contributed by atoms with E-state index in [1.807, 2.05) is 0 Å². The van der Waals surface area contributed by atoms with Gasteiger partial charge in [-0.3, -0.25) is 4.79 Å². The van der Waals surface area contributed by atoms with Crippen molar-refractivity contribution in [1.82, 2.24) is 20.1 Å². The van der Waals surface area contributed by atoms with Crippen LogP contribution in [0, 0.1) is 5.82 Å². The lowest BCUT2D eigenvalue weighted by atomic mass is 10.0. The Labute approximate surface area is 162 Å². The summed E-state index contributed by atoms with van der Waals surface area (Å²) in [4.78, 5) is 16.0. The molecule has 0 radical (unpaired) electrons. The molecule has 0 spiro atoms.